The fraction of sp³-hybridized carbons (Fsp3) is 0.304. The molecule has 1 aromatic heterocycles. The summed E-state index contributed by atoms with van der Waals surface area (Å²) in [5, 5.41) is 3.59. The van der Waals surface area contributed by atoms with Crippen LogP contribution in [-0.2, 0) is 14.8 Å². The molecule has 12 heteroatoms. The van der Waals surface area contributed by atoms with E-state index in [-0.39, 0.29) is 24.6 Å². The molecule has 0 spiro atoms. The van der Waals surface area contributed by atoms with E-state index in [2.05, 4.69) is 15.0 Å². The minimum absolute atomic E-state index is 0.0294. The highest BCUT2D eigenvalue weighted by molar-refractivity contribution is 7.92. The highest BCUT2D eigenvalue weighted by Crippen LogP contribution is 2.35. The highest BCUT2D eigenvalue weighted by Gasteiger charge is 2.25. The van der Waals surface area contributed by atoms with Gasteiger partial charge in [0.05, 0.1) is 26.8 Å². The quantitative estimate of drug-likeness (QED) is 0.364. The second kappa shape index (κ2) is 10.4. The van der Waals surface area contributed by atoms with Gasteiger partial charge in [-0.05, 0) is 43.5 Å². The molecule has 3 N–H and O–H groups in total. The largest absolute Gasteiger partial charge is 0.358 e. The molecule has 1 saturated heterocycles. The number of carbonyl (C=O) groups excluding carboxylic acids is 2. The van der Waals surface area contributed by atoms with Gasteiger partial charge in [-0.15, -0.1) is 0 Å². The zero-order valence-electron chi connectivity index (χ0n) is 18.5. The van der Waals surface area contributed by atoms with E-state index in [1.807, 2.05) is 0 Å². The number of nitrogens with one attached hydrogen (secondary N) is 3. The number of hydrogen-bond donors (Lipinski definition) is 3. The number of aromatic amines is 1. The fourth-order valence-corrected chi connectivity index (χ4v) is 5.74. The van der Waals surface area contributed by atoms with Crippen molar-refractivity contribution in [1.29, 1.82) is 0 Å². The lowest BCUT2D eigenvalue weighted by molar-refractivity contribution is -0.130. The van der Waals surface area contributed by atoms with Crippen LogP contribution in [0.15, 0.2) is 41.4 Å². The molecule has 35 heavy (non-hydrogen) atoms. The van der Waals surface area contributed by atoms with E-state index in [9.17, 15) is 18.0 Å². The van der Waals surface area contributed by atoms with Crippen LogP contribution < -0.4 is 10.0 Å². The summed E-state index contributed by atoms with van der Waals surface area (Å²) < 4.78 is 43.5. The third-order valence-corrected chi connectivity index (χ3v) is 7.79. The predicted octanol–water partition coefficient (Wildman–Crippen LogP) is 4.55. The van der Waals surface area contributed by atoms with Gasteiger partial charge < -0.3 is 15.2 Å². The summed E-state index contributed by atoms with van der Waals surface area (Å²) in [6.45, 7) is 1.66. The number of halogens is 3. The number of benzene rings is 2. The van der Waals surface area contributed by atoms with Gasteiger partial charge >= 0.3 is 0 Å². The highest BCUT2D eigenvalue weighted by atomic mass is 35.5. The summed E-state index contributed by atoms with van der Waals surface area (Å²) in [4.78, 5) is 28.6. The Labute approximate surface area is 211 Å². The fourth-order valence-electron chi connectivity index (χ4n) is 4.01. The Kier molecular flexibility index (Phi) is 7.53. The number of rotatable bonds is 8. The second-order valence-corrected chi connectivity index (χ2v) is 10.6. The van der Waals surface area contributed by atoms with E-state index < -0.39 is 32.2 Å². The molecule has 186 valence electrons. The number of amides is 2. The molecule has 1 aliphatic heterocycles. The van der Waals surface area contributed by atoms with Crippen LogP contribution in [-0.4, -0.2) is 49.8 Å². The number of sulfonamides is 1. The Morgan fingerprint density at radius 2 is 1.83 bits per heavy atom. The van der Waals surface area contributed by atoms with Crippen molar-refractivity contribution in [1.82, 2.24) is 15.2 Å². The number of nitrogens with zero attached hydrogens (tertiary/aromatic N) is 1. The minimum atomic E-state index is -4.40. The van der Waals surface area contributed by atoms with Crippen molar-refractivity contribution in [3.8, 4) is 0 Å². The minimum Gasteiger partial charge on any atom is -0.358 e. The standard InChI is InChI=1S/C23H23Cl2FN4O4S/c24-15-8-9-17(22-20(15)16(25)13-28-22)29-35(33,34)18-6-3-5-14(21(18)26)23(32)27-10-4-7-19(31)30-11-1-2-12-30/h3,5-6,8-9,13,28-29H,1-2,4,7,10-12H2,(H,27,32). The van der Waals surface area contributed by atoms with Gasteiger partial charge in [0.2, 0.25) is 5.91 Å². The molecule has 0 radical (unpaired) electrons. The molecule has 0 unspecified atom stereocenters. The summed E-state index contributed by atoms with van der Waals surface area (Å²) in [6.07, 6.45) is 4.13. The van der Waals surface area contributed by atoms with Crippen molar-refractivity contribution in [3.05, 3.63) is 58.0 Å². The van der Waals surface area contributed by atoms with E-state index >= 15 is 4.39 Å². The van der Waals surface area contributed by atoms with Gasteiger partial charge in [0, 0.05) is 37.6 Å². The van der Waals surface area contributed by atoms with E-state index in [0.717, 1.165) is 32.0 Å². The smallest absolute Gasteiger partial charge is 0.264 e. The maximum Gasteiger partial charge on any atom is 0.264 e. The molecular weight excluding hydrogens is 518 g/mol. The number of H-pyrrole nitrogens is 1. The number of likely N-dealkylation sites (tertiary alicyclic amines) is 1. The lowest BCUT2D eigenvalue weighted by Crippen LogP contribution is -2.30. The van der Waals surface area contributed by atoms with Gasteiger partial charge in [0.1, 0.15) is 4.90 Å². The van der Waals surface area contributed by atoms with Crippen molar-refractivity contribution in [2.45, 2.75) is 30.6 Å². The molecule has 2 aromatic carbocycles. The number of fused-ring (bicyclic) bond motifs is 1. The van der Waals surface area contributed by atoms with Crippen molar-refractivity contribution in [2.24, 2.45) is 0 Å². The summed E-state index contributed by atoms with van der Waals surface area (Å²) in [5.41, 5.74) is 0.0417. The Morgan fingerprint density at radius 1 is 1.09 bits per heavy atom. The lowest BCUT2D eigenvalue weighted by atomic mass is 10.2. The maximum absolute atomic E-state index is 15.2. The Balaban J connectivity index is 1.45. The summed E-state index contributed by atoms with van der Waals surface area (Å²) in [7, 11) is -4.40. The molecule has 0 aliphatic carbocycles. The SMILES string of the molecule is O=C(NCCCC(=O)N1CCCC1)c1cccc(S(=O)(=O)Nc2ccc(Cl)c3c(Cl)c[nH]c23)c1F. The first-order valence-corrected chi connectivity index (χ1v) is 13.3. The van der Waals surface area contributed by atoms with Gasteiger partial charge in [0.25, 0.3) is 15.9 Å². The van der Waals surface area contributed by atoms with Gasteiger partial charge in [-0.1, -0.05) is 29.3 Å². The molecule has 1 fully saturated rings. The summed E-state index contributed by atoms with van der Waals surface area (Å²) in [5.74, 6) is -1.92. The summed E-state index contributed by atoms with van der Waals surface area (Å²) in [6, 6.07) is 6.44. The molecule has 0 saturated carbocycles. The van der Waals surface area contributed by atoms with Crippen LogP contribution in [0.25, 0.3) is 10.9 Å². The van der Waals surface area contributed by atoms with Crippen LogP contribution in [0.5, 0.6) is 0 Å². The predicted molar refractivity (Wildman–Crippen MR) is 133 cm³/mol. The maximum atomic E-state index is 15.2. The van der Waals surface area contributed by atoms with E-state index in [1.54, 1.807) is 4.90 Å². The first kappa shape index (κ1) is 25.3. The average Bonchev–Trinajstić information content (AvgIpc) is 3.49. The third-order valence-electron chi connectivity index (χ3n) is 5.79. The second-order valence-electron chi connectivity index (χ2n) is 8.15. The Morgan fingerprint density at radius 3 is 2.57 bits per heavy atom. The first-order valence-electron chi connectivity index (χ1n) is 11.0. The number of aromatic nitrogens is 1. The molecule has 8 nitrogen and oxygen atoms in total. The van der Waals surface area contributed by atoms with Crippen LogP contribution in [0.3, 0.4) is 0 Å². The molecule has 1 aliphatic rings. The number of carbonyl (C=O) groups is 2. The van der Waals surface area contributed by atoms with E-state index in [4.69, 9.17) is 23.2 Å². The van der Waals surface area contributed by atoms with Gasteiger partial charge in [-0.2, -0.15) is 0 Å². The van der Waals surface area contributed by atoms with Crippen molar-refractivity contribution < 1.29 is 22.4 Å². The van der Waals surface area contributed by atoms with Crippen molar-refractivity contribution in [2.75, 3.05) is 24.4 Å². The normalized spacial score (nSPS) is 13.9. The van der Waals surface area contributed by atoms with Crippen molar-refractivity contribution in [3.63, 3.8) is 0 Å². The molecule has 2 amide bonds. The van der Waals surface area contributed by atoms with Gasteiger partial charge in [-0.3, -0.25) is 14.3 Å². The number of anilines is 1. The topological polar surface area (TPSA) is 111 Å². The van der Waals surface area contributed by atoms with Crippen LogP contribution in [0.1, 0.15) is 36.0 Å². The Bertz CT molecular complexity index is 1390. The lowest BCUT2D eigenvalue weighted by Gasteiger charge is -2.15. The average molecular weight is 541 g/mol. The van der Waals surface area contributed by atoms with E-state index in [1.165, 1.54) is 30.5 Å². The van der Waals surface area contributed by atoms with E-state index in [0.29, 0.717) is 27.4 Å². The molecule has 0 atom stereocenters. The molecular formula is C23H23Cl2FN4O4S. The first-order chi connectivity index (χ1) is 16.7. The monoisotopic (exact) mass is 540 g/mol. The molecule has 2 heterocycles. The molecule has 3 aromatic rings. The zero-order valence-corrected chi connectivity index (χ0v) is 20.9. The van der Waals surface area contributed by atoms with Crippen molar-refractivity contribution >= 4 is 61.6 Å². The van der Waals surface area contributed by atoms with Gasteiger partial charge in [0.15, 0.2) is 5.82 Å². The summed E-state index contributed by atoms with van der Waals surface area (Å²) >= 11 is 12.2. The Hall–Kier alpha value is -2.82. The molecule has 0 bridgehead atoms. The van der Waals surface area contributed by atoms with Crippen LogP contribution in [0.4, 0.5) is 10.1 Å². The van der Waals surface area contributed by atoms with Gasteiger partial charge in [-0.25, -0.2) is 12.8 Å². The van der Waals surface area contributed by atoms with Crippen LogP contribution >= 0.6 is 23.2 Å². The van der Waals surface area contributed by atoms with Crippen LogP contribution in [0.2, 0.25) is 10.0 Å². The number of hydrogen-bond acceptors (Lipinski definition) is 4. The van der Waals surface area contributed by atoms with Crippen LogP contribution in [0, 0.1) is 5.82 Å². The molecule has 4 rings (SSSR count). The zero-order chi connectivity index (χ0) is 25.2. The third kappa shape index (κ3) is 5.39.